The Hall–Kier alpha value is -2.57. The molecule has 1 saturated heterocycles. The Labute approximate surface area is 140 Å². The van der Waals surface area contributed by atoms with Crippen LogP contribution in [-0.4, -0.2) is 60.3 Å². The van der Waals surface area contributed by atoms with E-state index in [9.17, 15) is 14.4 Å². The number of carbonyl (C=O) groups excluding carboxylic acids is 3. The highest BCUT2D eigenvalue weighted by atomic mass is 16.5. The number of nitrogens with one attached hydrogen (secondary N) is 1. The predicted octanol–water partition coefficient (Wildman–Crippen LogP) is 1.10. The minimum Gasteiger partial charge on any atom is -0.482 e. The maximum Gasteiger partial charge on any atom is 0.262 e. The summed E-state index contributed by atoms with van der Waals surface area (Å²) in [7, 11) is 0. The van der Waals surface area contributed by atoms with Crippen LogP contribution < -0.4 is 10.1 Å². The number of anilines is 1. The van der Waals surface area contributed by atoms with E-state index in [1.54, 1.807) is 23.1 Å². The van der Waals surface area contributed by atoms with Gasteiger partial charge < -0.3 is 19.9 Å². The zero-order chi connectivity index (χ0) is 17.1. The molecule has 1 aromatic rings. The third-order valence-electron chi connectivity index (χ3n) is 4.24. The average Bonchev–Trinajstić information content (AvgIpc) is 2.60. The smallest absolute Gasteiger partial charge is 0.262 e. The summed E-state index contributed by atoms with van der Waals surface area (Å²) >= 11 is 0. The standard InChI is InChI=1S/C17H21N3O4/c1-2-3-16(22)19-6-8-20(9-7-19)17(23)12-4-5-14-13(10-12)18-15(21)11-24-14/h4-5,10H,2-3,6-9,11H2,1H3,(H,18,21). The van der Waals surface area contributed by atoms with Gasteiger partial charge in [0.05, 0.1) is 5.69 Å². The molecule has 2 heterocycles. The number of rotatable bonds is 3. The lowest BCUT2D eigenvalue weighted by molar-refractivity contribution is -0.132. The van der Waals surface area contributed by atoms with Gasteiger partial charge in [-0.05, 0) is 24.6 Å². The molecule has 0 radical (unpaired) electrons. The Morgan fingerprint density at radius 3 is 2.58 bits per heavy atom. The van der Waals surface area contributed by atoms with Gasteiger partial charge >= 0.3 is 0 Å². The monoisotopic (exact) mass is 331 g/mol. The van der Waals surface area contributed by atoms with Crippen LogP contribution in [0, 0.1) is 0 Å². The van der Waals surface area contributed by atoms with E-state index in [0.29, 0.717) is 49.6 Å². The third kappa shape index (κ3) is 3.34. The fraction of sp³-hybridized carbons (Fsp3) is 0.471. The van der Waals surface area contributed by atoms with Crippen molar-refractivity contribution in [2.45, 2.75) is 19.8 Å². The lowest BCUT2D eigenvalue weighted by atomic mass is 10.1. The van der Waals surface area contributed by atoms with Crippen molar-refractivity contribution < 1.29 is 19.1 Å². The second kappa shape index (κ2) is 6.90. The van der Waals surface area contributed by atoms with Gasteiger partial charge in [0.2, 0.25) is 5.91 Å². The van der Waals surface area contributed by atoms with Crippen LogP contribution >= 0.6 is 0 Å². The first-order chi connectivity index (χ1) is 11.6. The van der Waals surface area contributed by atoms with E-state index in [1.807, 2.05) is 11.8 Å². The van der Waals surface area contributed by atoms with Crippen LogP contribution in [0.5, 0.6) is 5.75 Å². The van der Waals surface area contributed by atoms with E-state index in [1.165, 1.54) is 0 Å². The van der Waals surface area contributed by atoms with E-state index in [4.69, 9.17) is 4.74 Å². The number of piperazine rings is 1. The van der Waals surface area contributed by atoms with Gasteiger partial charge in [-0.15, -0.1) is 0 Å². The molecule has 3 rings (SSSR count). The fourth-order valence-corrected chi connectivity index (χ4v) is 2.93. The summed E-state index contributed by atoms with van der Waals surface area (Å²) in [4.78, 5) is 39.5. The summed E-state index contributed by atoms with van der Waals surface area (Å²) in [5.74, 6) is 0.398. The van der Waals surface area contributed by atoms with Gasteiger partial charge in [-0.3, -0.25) is 14.4 Å². The Bertz CT molecular complexity index is 666. The van der Waals surface area contributed by atoms with Crippen LogP contribution in [0.25, 0.3) is 0 Å². The van der Waals surface area contributed by atoms with E-state index < -0.39 is 0 Å². The topological polar surface area (TPSA) is 79.0 Å². The summed E-state index contributed by atoms with van der Waals surface area (Å²) in [6, 6.07) is 5.04. The van der Waals surface area contributed by atoms with Crippen LogP contribution in [0.2, 0.25) is 0 Å². The largest absolute Gasteiger partial charge is 0.482 e. The van der Waals surface area contributed by atoms with Crippen molar-refractivity contribution in [3.8, 4) is 5.75 Å². The molecule has 0 atom stereocenters. The third-order valence-corrected chi connectivity index (χ3v) is 4.24. The number of fused-ring (bicyclic) bond motifs is 1. The van der Waals surface area contributed by atoms with Crippen molar-refractivity contribution in [1.29, 1.82) is 0 Å². The maximum absolute atomic E-state index is 12.6. The highest BCUT2D eigenvalue weighted by molar-refractivity contribution is 6.00. The molecule has 0 spiro atoms. The Morgan fingerprint density at radius 1 is 1.17 bits per heavy atom. The molecule has 7 heteroatoms. The molecule has 1 aromatic carbocycles. The summed E-state index contributed by atoms with van der Waals surface area (Å²) in [6.45, 7) is 4.15. The molecule has 24 heavy (non-hydrogen) atoms. The van der Waals surface area contributed by atoms with Gasteiger partial charge in [-0.1, -0.05) is 6.92 Å². The van der Waals surface area contributed by atoms with Crippen molar-refractivity contribution in [1.82, 2.24) is 9.80 Å². The van der Waals surface area contributed by atoms with Crippen molar-refractivity contribution in [3.05, 3.63) is 23.8 Å². The van der Waals surface area contributed by atoms with Gasteiger partial charge in [-0.2, -0.15) is 0 Å². The molecule has 2 aliphatic heterocycles. The van der Waals surface area contributed by atoms with Crippen molar-refractivity contribution in [2.24, 2.45) is 0 Å². The van der Waals surface area contributed by atoms with Crippen LogP contribution in [0.1, 0.15) is 30.1 Å². The molecule has 1 N–H and O–H groups in total. The predicted molar refractivity (Wildman–Crippen MR) is 88.0 cm³/mol. The number of ether oxygens (including phenoxy) is 1. The molecule has 0 bridgehead atoms. The Kier molecular flexibility index (Phi) is 4.69. The second-order valence-corrected chi connectivity index (χ2v) is 5.97. The van der Waals surface area contributed by atoms with Crippen LogP contribution in [0.15, 0.2) is 18.2 Å². The fourth-order valence-electron chi connectivity index (χ4n) is 2.93. The van der Waals surface area contributed by atoms with Gasteiger partial charge in [0.1, 0.15) is 5.75 Å². The number of carbonyl (C=O) groups is 3. The molecule has 2 aliphatic rings. The molecule has 0 aliphatic carbocycles. The van der Waals surface area contributed by atoms with Gasteiger partial charge in [0.15, 0.2) is 6.61 Å². The Morgan fingerprint density at radius 2 is 1.88 bits per heavy atom. The minimum absolute atomic E-state index is 0.00591. The molecular formula is C17H21N3O4. The van der Waals surface area contributed by atoms with Crippen molar-refractivity contribution in [3.63, 3.8) is 0 Å². The number of benzene rings is 1. The maximum atomic E-state index is 12.6. The summed E-state index contributed by atoms with van der Waals surface area (Å²) in [5, 5.41) is 2.71. The van der Waals surface area contributed by atoms with Gasteiger partial charge in [0.25, 0.3) is 11.8 Å². The molecule has 1 fully saturated rings. The van der Waals surface area contributed by atoms with Gasteiger partial charge in [0, 0.05) is 38.2 Å². The lowest BCUT2D eigenvalue weighted by Gasteiger charge is -2.35. The zero-order valence-corrected chi connectivity index (χ0v) is 13.7. The summed E-state index contributed by atoms with van der Waals surface area (Å²) in [5.41, 5.74) is 1.03. The lowest BCUT2D eigenvalue weighted by Crippen LogP contribution is -2.50. The van der Waals surface area contributed by atoms with Crippen LogP contribution in [-0.2, 0) is 9.59 Å². The highest BCUT2D eigenvalue weighted by Crippen LogP contribution is 2.29. The van der Waals surface area contributed by atoms with E-state index >= 15 is 0 Å². The molecule has 128 valence electrons. The molecule has 0 aromatic heterocycles. The molecule has 0 saturated carbocycles. The summed E-state index contributed by atoms with van der Waals surface area (Å²) < 4.78 is 5.30. The van der Waals surface area contributed by atoms with Gasteiger partial charge in [-0.25, -0.2) is 0 Å². The average molecular weight is 331 g/mol. The molecular weight excluding hydrogens is 310 g/mol. The highest BCUT2D eigenvalue weighted by Gasteiger charge is 2.25. The number of amides is 3. The van der Waals surface area contributed by atoms with Crippen LogP contribution in [0.4, 0.5) is 5.69 Å². The van der Waals surface area contributed by atoms with E-state index in [2.05, 4.69) is 5.32 Å². The molecule has 0 unspecified atom stereocenters. The number of hydrogen-bond donors (Lipinski definition) is 1. The normalized spacial score (nSPS) is 17.0. The van der Waals surface area contributed by atoms with Crippen molar-refractivity contribution in [2.75, 3.05) is 38.1 Å². The van der Waals surface area contributed by atoms with Crippen molar-refractivity contribution >= 4 is 23.4 Å². The first-order valence-electron chi connectivity index (χ1n) is 8.22. The number of hydrogen-bond acceptors (Lipinski definition) is 4. The zero-order valence-electron chi connectivity index (χ0n) is 13.7. The van der Waals surface area contributed by atoms with E-state index in [0.717, 1.165) is 6.42 Å². The minimum atomic E-state index is -0.227. The molecule has 7 nitrogen and oxygen atoms in total. The van der Waals surface area contributed by atoms with Crippen LogP contribution in [0.3, 0.4) is 0 Å². The molecule has 3 amide bonds. The number of nitrogens with zero attached hydrogens (tertiary/aromatic N) is 2. The first-order valence-corrected chi connectivity index (χ1v) is 8.22. The first kappa shape index (κ1) is 16.3. The second-order valence-electron chi connectivity index (χ2n) is 5.97. The quantitative estimate of drug-likeness (QED) is 0.900. The Balaban J connectivity index is 1.64. The van der Waals surface area contributed by atoms with E-state index in [-0.39, 0.29) is 24.3 Å². The summed E-state index contributed by atoms with van der Waals surface area (Å²) in [6.07, 6.45) is 1.39. The SMILES string of the molecule is CCCC(=O)N1CCN(C(=O)c2ccc3c(c2)NC(=O)CO3)CC1.